The van der Waals surface area contributed by atoms with Gasteiger partial charge in [0.25, 0.3) is 0 Å². The number of carbonyl (C=O) groups excluding carboxylic acids is 1. The van der Waals surface area contributed by atoms with Gasteiger partial charge in [0.15, 0.2) is 0 Å². The molecule has 1 saturated heterocycles. The number of nitrogens with one attached hydrogen (secondary N) is 1. The number of nitrogens with zero attached hydrogens (tertiary/aromatic N) is 2. The van der Waals surface area contributed by atoms with E-state index in [0.717, 1.165) is 12.8 Å². The topological polar surface area (TPSA) is 72.3 Å². The molecule has 9 heteroatoms. The average molecular weight is 305 g/mol. The average Bonchev–Trinajstić information content (AvgIpc) is 2.60. The molecule has 1 saturated carbocycles. The van der Waals surface area contributed by atoms with E-state index in [1.54, 1.807) is 0 Å². The lowest BCUT2D eigenvalue weighted by molar-refractivity contribution is -0.209. The van der Waals surface area contributed by atoms with E-state index in [2.05, 4.69) is 20.3 Å². The first-order valence-corrected chi connectivity index (χ1v) is 6.49. The first-order chi connectivity index (χ1) is 9.73. The highest BCUT2D eigenvalue weighted by molar-refractivity contribution is 6.35. The molecule has 1 spiro atoms. The van der Waals surface area contributed by atoms with E-state index >= 15 is 0 Å². The van der Waals surface area contributed by atoms with Crippen LogP contribution in [-0.2, 0) is 14.3 Å². The van der Waals surface area contributed by atoms with Gasteiger partial charge in [-0.3, -0.25) is 10.4 Å². The Kier molecular flexibility index (Phi) is 3.01. The fourth-order valence-electron chi connectivity index (χ4n) is 2.73. The van der Waals surface area contributed by atoms with Crippen LogP contribution in [-0.4, -0.2) is 49.1 Å². The van der Waals surface area contributed by atoms with Crippen LogP contribution in [0, 0.1) is 5.41 Å². The largest absolute Gasteiger partial charge is 0.491 e. The fraction of sp³-hybridized carbons (Fsp3) is 0.750. The summed E-state index contributed by atoms with van der Waals surface area (Å²) in [5, 5.41) is 3.66. The molecular formula is C12H14F3N3O3. The summed E-state index contributed by atoms with van der Waals surface area (Å²) in [5.74, 6) is -2.27. The van der Waals surface area contributed by atoms with Gasteiger partial charge in [-0.05, 0) is 12.8 Å². The molecule has 3 aliphatic rings. The van der Waals surface area contributed by atoms with Gasteiger partial charge in [0.2, 0.25) is 5.72 Å². The number of esters is 1. The lowest BCUT2D eigenvalue weighted by Crippen LogP contribution is -2.55. The number of rotatable bonds is 2. The number of halogens is 3. The molecule has 116 valence electrons. The van der Waals surface area contributed by atoms with Crippen molar-refractivity contribution in [1.29, 1.82) is 0 Å². The summed E-state index contributed by atoms with van der Waals surface area (Å²) in [6, 6.07) is -0.000774. The third-order valence-electron chi connectivity index (χ3n) is 3.96. The predicted molar refractivity (Wildman–Crippen MR) is 65.9 cm³/mol. The van der Waals surface area contributed by atoms with Crippen LogP contribution in [0.15, 0.2) is 10.1 Å². The van der Waals surface area contributed by atoms with Gasteiger partial charge >= 0.3 is 12.1 Å². The fourth-order valence-corrected chi connectivity index (χ4v) is 2.73. The third kappa shape index (κ3) is 2.50. The number of hydrogen-bond donors (Lipinski definition) is 1. The zero-order valence-electron chi connectivity index (χ0n) is 11.2. The molecule has 0 amide bonds. The summed E-state index contributed by atoms with van der Waals surface area (Å²) in [7, 11) is 0. The van der Waals surface area contributed by atoms with Crippen molar-refractivity contribution in [3.8, 4) is 0 Å². The van der Waals surface area contributed by atoms with E-state index in [1.807, 2.05) is 0 Å². The van der Waals surface area contributed by atoms with Crippen molar-refractivity contribution in [2.75, 3.05) is 13.2 Å². The zero-order chi connectivity index (χ0) is 15.3. The molecule has 0 aromatic heterocycles. The molecule has 3 rings (SSSR count). The first-order valence-electron chi connectivity index (χ1n) is 6.49. The monoisotopic (exact) mass is 305 g/mol. The molecule has 0 radical (unpaired) electrons. The standard InChI is InChI=1S/C12H14F3N3O3/c1-10(21-9(19)12(13,14)15)8(4-16-18-10)17-7-2-11(3-7)5-20-6-11/h4,7,18H,2-3,5-6H2,1H3. The minimum absolute atomic E-state index is 0.000774. The molecular weight excluding hydrogens is 291 g/mol. The number of hydrogen-bond acceptors (Lipinski definition) is 6. The maximum Gasteiger partial charge on any atom is 0.491 e. The van der Waals surface area contributed by atoms with Crippen LogP contribution in [0.5, 0.6) is 0 Å². The summed E-state index contributed by atoms with van der Waals surface area (Å²) >= 11 is 0. The Bertz CT molecular complexity index is 520. The van der Waals surface area contributed by atoms with Crippen molar-refractivity contribution in [2.24, 2.45) is 15.5 Å². The molecule has 1 atom stereocenters. The SMILES string of the molecule is CC1(OC(=O)C(F)(F)F)NN=CC1=NC1CC2(COC2)C1. The van der Waals surface area contributed by atoms with Crippen molar-refractivity contribution in [3.63, 3.8) is 0 Å². The highest BCUT2D eigenvalue weighted by Gasteiger charge is 2.52. The molecule has 0 aromatic rings. The number of alkyl halides is 3. The summed E-state index contributed by atoms with van der Waals surface area (Å²) < 4.78 is 46.5. The maximum absolute atomic E-state index is 12.3. The highest BCUT2D eigenvalue weighted by atomic mass is 19.4. The van der Waals surface area contributed by atoms with Gasteiger partial charge in [0.05, 0.1) is 25.5 Å². The van der Waals surface area contributed by atoms with E-state index in [0.29, 0.717) is 13.2 Å². The Morgan fingerprint density at radius 3 is 2.71 bits per heavy atom. The second kappa shape index (κ2) is 4.43. The Balaban J connectivity index is 1.67. The number of carbonyl (C=O) groups is 1. The predicted octanol–water partition coefficient (Wildman–Crippen LogP) is 1.02. The van der Waals surface area contributed by atoms with E-state index < -0.39 is 17.9 Å². The van der Waals surface area contributed by atoms with Gasteiger partial charge in [0, 0.05) is 12.3 Å². The molecule has 2 aliphatic heterocycles. The molecule has 2 fully saturated rings. The minimum Gasteiger partial charge on any atom is -0.425 e. The summed E-state index contributed by atoms with van der Waals surface area (Å²) in [6.07, 6.45) is -2.12. The molecule has 1 N–H and O–H groups in total. The molecule has 2 heterocycles. The van der Waals surface area contributed by atoms with Gasteiger partial charge in [0.1, 0.15) is 5.71 Å². The van der Waals surface area contributed by atoms with Crippen LogP contribution >= 0.6 is 0 Å². The van der Waals surface area contributed by atoms with Crippen LogP contribution in [0.25, 0.3) is 0 Å². The second-order valence-corrected chi connectivity index (χ2v) is 5.86. The van der Waals surface area contributed by atoms with Crippen molar-refractivity contribution in [3.05, 3.63) is 0 Å². The van der Waals surface area contributed by atoms with E-state index in [1.165, 1.54) is 13.1 Å². The number of ether oxygens (including phenoxy) is 2. The van der Waals surface area contributed by atoms with Crippen LogP contribution < -0.4 is 5.43 Å². The van der Waals surface area contributed by atoms with E-state index in [9.17, 15) is 18.0 Å². The van der Waals surface area contributed by atoms with E-state index in [-0.39, 0.29) is 17.2 Å². The van der Waals surface area contributed by atoms with Crippen molar-refractivity contribution in [1.82, 2.24) is 5.43 Å². The first kappa shape index (κ1) is 14.3. The summed E-state index contributed by atoms with van der Waals surface area (Å²) in [5.41, 5.74) is 1.07. The van der Waals surface area contributed by atoms with Gasteiger partial charge < -0.3 is 9.47 Å². The van der Waals surface area contributed by atoms with Crippen LogP contribution in [0.2, 0.25) is 0 Å². The highest BCUT2D eigenvalue weighted by Crippen LogP contribution is 2.48. The lowest BCUT2D eigenvalue weighted by Gasteiger charge is -2.52. The molecule has 6 nitrogen and oxygen atoms in total. The van der Waals surface area contributed by atoms with Crippen molar-refractivity contribution < 1.29 is 27.4 Å². The van der Waals surface area contributed by atoms with Gasteiger partial charge in [-0.15, -0.1) is 0 Å². The van der Waals surface area contributed by atoms with Crippen molar-refractivity contribution >= 4 is 17.9 Å². The van der Waals surface area contributed by atoms with Crippen LogP contribution in [0.1, 0.15) is 19.8 Å². The van der Waals surface area contributed by atoms with Gasteiger partial charge in [-0.25, -0.2) is 4.79 Å². The summed E-state index contributed by atoms with van der Waals surface area (Å²) in [6.45, 7) is 2.71. The quantitative estimate of drug-likeness (QED) is 0.773. The van der Waals surface area contributed by atoms with E-state index in [4.69, 9.17) is 4.74 Å². The molecule has 1 unspecified atom stereocenters. The number of aliphatic imine (C=N–C) groups is 1. The van der Waals surface area contributed by atoms with Crippen LogP contribution in [0.3, 0.4) is 0 Å². The van der Waals surface area contributed by atoms with Gasteiger partial charge in [-0.1, -0.05) is 0 Å². The zero-order valence-corrected chi connectivity index (χ0v) is 11.2. The normalized spacial score (nSPS) is 32.7. The lowest BCUT2D eigenvalue weighted by atomic mass is 9.64. The van der Waals surface area contributed by atoms with Gasteiger partial charge in [-0.2, -0.15) is 18.3 Å². The number of hydrazone groups is 1. The Hall–Kier alpha value is -1.64. The molecule has 0 aromatic carbocycles. The smallest absolute Gasteiger partial charge is 0.425 e. The summed E-state index contributed by atoms with van der Waals surface area (Å²) in [4.78, 5) is 15.3. The Morgan fingerprint density at radius 1 is 1.52 bits per heavy atom. The maximum atomic E-state index is 12.3. The van der Waals surface area contributed by atoms with Crippen molar-refractivity contribution in [2.45, 2.75) is 37.7 Å². The Morgan fingerprint density at radius 2 is 2.19 bits per heavy atom. The Labute approximate surface area is 118 Å². The second-order valence-electron chi connectivity index (χ2n) is 5.86. The third-order valence-corrected chi connectivity index (χ3v) is 3.96. The molecule has 0 bridgehead atoms. The minimum atomic E-state index is -5.05. The molecule has 1 aliphatic carbocycles. The van der Waals surface area contributed by atoms with Crippen LogP contribution in [0.4, 0.5) is 13.2 Å². The molecule has 21 heavy (non-hydrogen) atoms.